The Hall–Kier alpha value is -4.46. The predicted molar refractivity (Wildman–Crippen MR) is 132 cm³/mol. The van der Waals surface area contributed by atoms with E-state index in [4.69, 9.17) is 9.57 Å². The first kappa shape index (κ1) is 23.0. The standard InChI is InChI=1S/C29H24N2O6/c1-29(27(34)37-31-25(32)22-12-6-7-13-23(22)26(31)33)14-15-30(17-29)28(35)36-16-24-20-10-4-2-8-18(20)19-9-3-5-11-21(19)24/h2-13,24H,14-17H2,1H3. The third-order valence-corrected chi connectivity index (χ3v) is 7.49. The van der Waals surface area contributed by atoms with E-state index in [0.29, 0.717) is 18.0 Å². The van der Waals surface area contributed by atoms with Crippen molar-refractivity contribution >= 4 is 23.9 Å². The van der Waals surface area contributed by atoms with Gasteiger partial charge in [-0.3, -0.25) is 9.59 Å². The topological polar surface area (TPSA) is 93.2 Å². The normalized spacial score (nSPS) is 20.0. The number of imide groups is 1. The van der Waals surface area contributed by atoms with Gasteiger partial charge in [0.2, 0.25) is 0 Å². The van der Waals surface area contributed by atoms with E-state index in [1.165, 1.54) is 17.0 Å². The molecule has 3 aromatic carbocycles. The lowest BCUT2D eigenvalue weighted by molar-refractivity contribution is -0.179. The SMILES string of the molecule is CC1(C(=O)ON2C(=O)c3ccccc3C2=O)CCN(C(=O)OCC2c3ccccc3-c3ccccc32)C1. The van der Waals surface area contributed by atoms with Gasteiger partial charge >= 0.3 is 12.1 Å². The van der Waals surface area contributed by atoms with Crippen LogP contribution in [-0.4, -0.2) is 53.5 Å². The van der Waals surface area contributed by atoms with Crippen LogP contribution in [-0.2, 0) is 14.4 Å². The van der Waals surface area contributed by atoms with Crippen LogP contribution >= 0.6 is 0 Å². The Labute approximate surface area is 213 Å². The summed E-state index contributed by atoms with van der Waals surface area (Å²) in [4.78, 5) is 57.9. The molecule has 8 heteroatoms. The molecule has 3 aromatic rings. The van der Waals surface area contributed by atoms with Gasteiger partial charge in [-0.05, 0) is 47.7 Å². The molecular weight excluding hydrogens is 472 g/mol. The van der Waals surface area contributed by atoms with Crippen LogP contribution in [0.25, 0.3) is 11.1 Å². The second kappa shape index (κ2) is 8.58. The van der Waals surface area contributed by atoms with Crippen molar-refractivity contribution in [2.24, 2.45) is 5.41 Å². The fourth-order valence-electron chi connectivity index (χ4n) is 5.41. The van der Waals surface area contributed by atoms with E-state index in [2.05, 4.69) is 24.3 Å². The summed E-state index contributed by atoms with van der Waals surface area (Å²) in [5.74, 6) is -2.16. The highest BCUT2D eigenvalue weighted by Crippen LogP contribution is 2.44. The average Bonchev–Trinajstić information content (AvgIpc) is 3.55. The lowest BCUT2D eigenvalue weighted by Gasteiger charge is -2.24. The van der Waals surface area contributed by atoms with Gasteiger partial charge in [-0.1, -0.05) is 65.7 Å². The molecule has 37 heavy (non-hydrogen) atoms. The second-order valence-corrected chi connectivity index (χ2v) is 9.87. The van der Waals surface area contributed by atoms with E-state index in [-0.39, 0.29) is 30.2 Å². The molecule has 3 aliphatic rings. The zero-order valence-electron chi connectivity index (χ0n) is 20.2. The molecule has 6 rings (SSSR count). The number of fused-ring (bicyclic) bond motifs is 4. The van der Waals surface area contributed by atoms with Gasteiger partial charge in [-0.2, -0.15) is 0 Å². The number of likely N-dealkylation sites (tertiary alicyclic amines) is 1. The number of carbonyl (C=O) groups excluding carboxylic acids is 4. The van der Waals surface area contributed by atoms with E-state index >= 15 is 0 Å². The molecular formula is C29H24N2O6. The van der Waals surface area contributed by atoms with Crippen molar-refractivity contribution in [3.8, 4) is 11.1 Å². The largest absolute Gasteiger partial charge is 0.448 e. The molecule has 186 valence electrons. The molecule has 1 unspecified atom stereocenters. The lowest BCUT2D eigenvalue weighted by atomic mass is 9.90. The third-order valence-electron chi connectivity index (χ3n) is 7.49. The van der Waals surface area contributed by atoms with Gasteiger partial charge in [0.25, 0.3) is 11.8 Å². The number of hydrogen-bond donors (Lipinski definition) is 0. The predicted octanol–water partition coefficient (Wildman–Crippen LogP) is 4.40. The van der Waals surface area contributed by atoms with Crippen LogP contribution in [0.2, 0.25) is 0 Å². The summed E-state index contributed by atoms with van der Waals surface area (Å²) in [5.41, 5.74) is 3.82. The highest BCUT2D eigenvalue weighted by Gasteiger charge is 2.48. The van der Waals surface area contributed by atoms with Crippen LogP contribution in [0, 0.1) is 5.41 Å². The molecule has 0 radical (unpaired) electrons. The Bertz CT molecular complexity index is 1390. The van der Waals surface area contributed by atoms with Gasteiger partial charge in [0.15, 0.2) is 0 Å². The number of amides is 3. The average molecular weight is 497 g/mol. The van der Waals surface area contributed by atoms with E-state index in [1.807, 2.05) is 24.3 Å². The molecule has 0 spiro atoms. The monoisotopic (exact) mass is 496 g/mol. The van der Waals surface area contributed by atoms with Crippen molar-refractivity contribution in [1.82, 2.24) is 9.96 Å². The van der Waals surface area contributed by atoms with E-state index in [1.54, 1.807) is 19.1 Å². The number of ether oxygens (including phenoxy) is 1. The van der Waals surface area contributed by atoms with Crippen LogP contribution in [0.5, 0.6) is 0 Å². The number of nitrogens with zero attached hydrogens (tertiary/aromatic N) is 2. The van der Waals surface area contributed by atoms with Gasteiger partial charge in [-0.25, -0.2) is 9.59 Å². The zero-order chi connectivity index (χ0) is 25.7. The molecule has 8 nitrogen and oxygen atoms in total. The number of benzene rings is 3. The minimum Gasteiger partial charge on any atom is -0.448 e. The first-order valence-corrected chi connectivity index (χ1v) is 12.2. The van der Waals surface area contributed by atoms with Crippen LogP contribution < -0.4 is 0 Å². The lowest BCUT2D eigenvalue weighted by Crippen LogP contribution is -2.41. The van der Waals surface area contributed by atoms with Crippen molar-refractivity contribution in [3.05, 3.63) is 95.1 Å². The molecule has 1 aliphatic carbocycles. The summed E-state index contributed by atoms with van der Waals surface area (Å²) in [7, 11) is 0. The van der Waals surface area contributed by atoms with Crippen molar-refractivity contribution in [3.63, 3.8) is 0 Å². The Morgan fingerprint density at radius 2 is 1.35 bits per heavy atom. The minimum atomic E-state index is -1.08. The second-order valence-electron chi connectivity index (χ2n) is 9.87. The van der Waals surface area contributed by atoms with E-state index in [9.17, 15) is 19.2 Å². The molecule has 0 saturated carbocycles. The fourth-order valence-corrected chi connectivity index (χ4v) is 5.41. The van der Waals surface area contributed by atoms with Crippen LogP contribution in [0.4, 0.5) is 4.79 Å². The van der Waals surface area contributed by atoms with Crippen molar-refractivity contribution in [2.45, 2.75) is 19.3 Å². The first-order valence-electron chi connectivity index (χ1n) is 12.2. The Balaban J connectivity index is 1.10. The number of hydroxylamine groups is 2. The van der Waals surface area contributed by atoms with Gasteiger partial charge in [0, 0.05) is 19.0 Å². The molecule has 3 amide bonds. The van der Waals surface area contributed by atoms with Gasteiger partial charge in [0.1, 0.15) is 6.61 Å². The molecule has 2 heterocycles. The summed E-state index contributed by atoms with van der Waals surface area (Å²) in [6, 6.07) is 22.5. The smallest absolute Gasteiger partial charge is 0.409 e. The Morgan fingerprint density at radius 3 is 1.92 bits per heavy atom. The summed E-state index contributed by atoms with van der Waals surface area (Å²) >= 11 is 0. The van der Waals surface area contributed by atoms with E-state index in [0.717, 1.165) is 22.3 Å². The van der Waals surface area contributed by atoms with Crippen LogP contribution in [0.1, 0.15) is 51.1 Å². The quantitative estimate of drug-likeness (QED) is 0.497. The Kier molecular flexibility index (Phi) is 5.33. The highest BCUT2D eigenvalue weighted by molar-refractivity contribution is 6.20. The van der Waals surface area contributed by atoms with Crippen molar-refractivity contribution in [1.29, 1.82) is 0 Å². The summed E-state index contributed by atoms with van der Waals surface area (Å²) in [6.45, 7) is 2.19. The van der Waals surface area contributed by atoms with Crippen molar-refractivity contribution < 1.29 is 28.8 Å². The van der Waals surface area contributed by atoms with Crippen LogP contribution in [0.3, 0.4) is 0 Å². The number of carbonyl (C=O) groups is 4. The van der Waals surface area contributed by atoms with Gasteiger partial charge in [-0.15, -0.1) is 0 Å². The maximum absolute atomic E-state index is 13.0. The maximum atomic E-state index is 13.0. The van der Waals surface area contributed by atoms with E-state index < -0.39 is 29.3 Å². The molecule has 1 saturated heterocycles. The molecule has 0 aromatic heterocycles. The molecule has 0 N–H and O–H groups in total. The molecule has 2 aliphatic heterocycles. The van der Waals surface area contributed by atoms with Gasteiger partial charge < -0.3 is 14.5 Å². The Morgan fingerprint density at radius 1 is 0.838 bits per heavy atom. The number of hydrogen-bond acceptors (Lipinski definition) is 6. The summed E-state index contributed by atoms with van der Waals surface area (Å²) in [5, 5.41) is 0.508. The summed E-state index contributed by atoms with van der Waals surface area (Å²) < 4.78 is 5.72. The molecule has 1 fully saturated rings. The fraction of sp³-hybridized carbons (Fsp3) is 0.241. The minimum absolute atomic E-state index is 0.0612. The summed E-state index contributed by atoms with van der Waals surface area (Å²) in [6.07, 6.45) is -0.196. The highest BCUT2D eigenvalue weighted by atomic mass is 16.7. The molecule has 1 atom stereocenters. The number of rotatable bonds is 4. The first-order chi connectivity index (χ1) is 17.9. The molecule has 0 bridgehead atoms. The van der Waals surface area contributed by atoms with Crippen molar-refractivity contribution in [2.75, 3.05) is 19.7 Å². The maximum Gasteiger partial charge on any atom is 0.409 e. The third kappa shape index (κ3) is 3.67. The zero-order valence-corrected chi connectivity index (χ0v) is 20.2. The van der Waals surface area contributed by atoms with Crippen LogP contribution in [0.15, 0.2) is 72.8 Å². The van der Waals surface area contributed by atoms with Gasteiger partial charge in [0.05, 0.1) is 16.5 Å².